The monoisotopic (exact) mass is 152 g/mol. The molecule has 0 radical (unpaired) electrons. The minimum absolute atomic E-state index is 0.0162. The van der Waals surface area contributed by atoms with Crippen LogP contribution in [0.15, 0.2) is 16.9 Å². The van der Waals surface area contributed by atoms with E-state index in [1.54, 1.807) is 6.07 Å². The highest BCUT2D eigenvalue weighted by Crippen LogP contribution is 2.15. The van der Waals surface area contributed by atoms with E-state index in [4.69, 9.17) is 10.8 Å². The molecule has 0 rings (SSSR count). The summed E-state index contributed by atoms with van der Waals surface area (Å²) in [5.74, 6) is 0. The summed E-state index contributed by atoms with van der Waals surface area (Å²) in [4.78, 5) is 2.47. The first-order chi connectivity index (χ1) is 5.02. The van der Waals surface area contributed by atoms with Gasteiger partial charge in [-0.1, -0.05) is 5.11 Å². The van der Waals surface area contributed by atoms with Crippen LogP contribution < -0.4 is 0 Å². The van der Waals surface area contributed by atoms with Gasteiger partial charge in [-0.2, -0.15) is 5.26 Å². The van der Waals surface area contributed by atoms with Crippen LogP contribution in [0.1, 0.15) is 13.8 Å². The minimum atomic E-state index is -1.26. The second-order valence-electron chi connectivity index (χ2n) is 2.41. The molecular formula is C6H8N4O. The van der Waals surface area contributed by atoms with Crippen molar-refractivity contribution < 1.29 is 5.11 Å². The molecule has 0 amide bonds. The minimum Gasteiger partial charge on any atom is -0.386 e. The van der Waals surface area contributed by atoms with Crippen LogP contribution in [0, 0.1) is 11.3 Å². The maximum atomic E-state index is 9.26. The second kappa shape index (κ2) is 3.62. The van der Waals surface area contributed by atoms with Crippen LogP contribution >= 0.6 is 0 Å². The Morgan fingerprint density at radius 3 is 2.64 bits per heavy atom. The molecule has 0 aliphatic rings. The Morgan fingerprint density at radius 2 is 2.36 bits per heavy atom. The van der Waals surface area contributed by atoms with Crippen molar-refractivity contribution in [2.45, 2.75) is 19.4 Å². The Hall–Kier alpha value is -1.50. The molecule has 0 aromatic rings. The van der Waals surface area contributed by atoms with Crippen molar-refractivity contribution in [1.29, 1.82) is 5.26 Å². The Labute approximate surface area is 64.2 Å². The molecule has 0 saturated heterocycles. The summed E-state index contributed by atoms with van der Waals surface area (Å²) in [6, 6.07) is 1.67. The van der Waals surface area contributed by atoms with Crippen molar-refractivity contribution in [1.82, 2.24) is 0 Å². The smallest absolute Gasteiger partial charge is 0.0914 e. The molecule has 0 fully saturated rings. The van der Waals surface area contributed by atoms with Crippen molar-refractivity contribution in [3.05, 3.63) is 22.2 Å². The molecule has 0 aromatic carbocycles. The number of rotatable bonds is 2. The Morgan fingerprint density at radius 1 is 1.82 bits per heavy atom. The van der Waals surface area contributed by atoms with Gasteiger partial charge in [0.15, 0.2) is 0 Å². The van der Waals surface area contributed by atoms with Gasteiger partial charge < -0.3 is 5.11 Å². The van der Waals surface area contributed by atoms with Crippen LogP contribution in [-0.4, -0.2) is 10.7 Å². The first-order valence-electron chi connectivity index (χ1n) is 2.90. The largest absolute Gasteiger partial charge is 0.386 e. The highest BCUT2D eigenvalue weighted by atomic mass is 16.3. The summed E-state index contributed by atoms with van der Waals surface area (Å²) >= 11 is 0. The zero-order valence-corrected chi connectivity index (χ0v) is 6.31. The Kier molecular flexibility index (Phi) is 3.12. The molecule has 0 atom stereocenters. The van der Waals surface area contributed by atoms with E-state index in [0.29, 0.717) is 0 Å². The summed E-state index contributed by atoms with van der Waals surface area (Å²) in [7, 11) is 0. The summed E-state index contributed by atoms with van der Waals surface area (Å²) < 4.78 is 0. The van der Waals surface area contributed by atoms with Crippen LogP contribution in [0.25, 0.3) is 10.4 Å². The lowest BCUT2D eigenvalue weighted by atomic mass is 10.1. The number of nitrogens with zero attached hydrogens (tertiary/aromatic N) is 4. The van der Waals surface area contributed by atoms with Crippen LogP contribution in [-0.2, 0) is 0 Å². The van der Waals surface area contributed by atoms with E-state index >= 15 is 0 Å². The SMILES string of the molecule is CC(C)(O)C(=CC#N)N=[N+]=[N-]. The number of hydrogen-bond donors (Lipinski definition) is 1. The third-order valence-corrected chi connectivity index (χ3v) is 0.981. The van der Waals surface area contributed by atoms with Gasteiger partial charge >= 0.3 is 0 Å². The molecule has 0 spiro atoms. The Balaban J connectivity index is 4.80. The lowest BCUT2D eigenvalue weighted by molar-refractivity contribution is 0.118. The van der Waals surface area contributed by atoms with E-state index in [1.807, 2.05) is 0 Å². The number of azide groups is 1. The molecule has 1 N–H and O–H groups in total. The van der Waals surface area contributed by atoms with Gasteiger partial charge in [-0.15, -0.1) is 0 Å². The molecule has 0 bridgehead atoms. The van der Waals surface area contributed by atoms with E-state index in [0.717, 1.165) is 6.08 Å². The summed E-state index contributed by atoms with van der Waals surface area (Å²) in [6.07, 6.45) is 1.01. The van der Waals surface area contributed by atoms with E-state index < -0.39 is 5.60 Å². The van der Waals surface area contributed by atoms with Crippen LogP contribution in [0.4, 0.5) is 0 Å². The van der Waals surface area contributed by atoms with Crippen molar-refractivity contribution in [3.8, 4) is 6.07 Å². The van der Waals surface area contributed by atoms with E-state index in [1.165, 1.54) is 13.8 Å². The quantitative estimate of drug-likeness (QED) is 0.281. The predicted octanol–water partition coefficient (Wildman–Crippen LogP) is 1.48. The number of nitriles is 1. The van der Waals surface area contributed by atoms with E-state index in [-0.39, 0.29) is 5.70 Å². The van der Waals surface area contributed by atoms with Gasteiger partial charge in [0.1, 0.15) is 0 Å². The molecular weight excluding hydrogens is 144 g/mol. The average molecular weight is 152 g/mol. The maximum Gasteiger partial charge on any atom is 0.0914 e. The molecule has 0 aliphatic carbocycles. The fourth-order valence-electron chi connectivity index (χ4n) is 0.437. The van der Waals surface area contributed by atoms with Crippen LogP contribution in [0.2, 0.25) is 0 Å². The highest BCUT2D eigenvalue weighted by molar-refractivity contribution is 5.19. The van der Waals surface area contributed by atoms with Gasteiger partial charge in [-0.3, -0.25) is 0 Å². The molecule has 0 aromatic heterocycles. The third kappa shape index (κ3) is 3.26. The molecule has 0 saturated carbocycles. The maximum absolute atomic E-state index is 9.26. The number of hydrogen-bond acceptors (Lipinski definition) is 3. The third-order valence-electron chi connectivity index (χ3n) is 0.981. The second-order valence-corrected chi connectivity index (χ2v) is 2.41. The first-order valence-corrected chi connectivity index (χ1v) is 2.90. The van der Waals surface area contributed by atoms with Crippen LogP contribution in [0.3, 0.4) is 0 Å². The molecule has 5 heteroatoms. The van der Waals surface area contributed by atoms with Gasteiger partial charge in [0, 0.05) is 11.0 Å². The standard InChI is InChI=1S/C6H8N4O/c1-6(2,11)5(3-4-7)9-10-8/h3,11H,1-2H3. The average Bonchev–Trinajstić information content (AvgIpc) is 1.85. The van der Waals surface area contributed by atoms with Gasteiger partial charge in [0.25, 0.3) is 0 Å². The summed E-state index contributed by atoms with van der Waals surface area (Å²) in [5.41, 5.74) is 6.78. The fourth-order valence-corrected chi connectivity index (χ4v) is 0.437. The first kappa shape index (κ1) is 9.50. The lowest BCUT2D eigenvalue weighted by Crippen LogP contribution is -2.20. The van der Waals surface area contributed by atoms with Crippen molar-refractivity contribution >= 4 is 0 Å². The van der Waals surface area contributed by atoms with Gasteiger partial charge in [-0.25, -0.2) is 0 Å². The lowest BCUT2D eigenvalue weighted by Gasteiger charge is -2.15. The molecule has 0 heterocycles. The topological polar surface area (TPSA) is 92.8 Å². The van der Waals surface area contributed by atoms with Crippen molar-refractivity contribution in [3.63, 3.8) is 0 Å². The van der Waals surface area contributed by atoms with Gasteiger partial charge in [-0.05, 0) is 19.4 Å². The molecule has 58 valence electrons. The fraction of sp³-hybridized carbons (Fsp3) is 0.500. The Bertz CT molecular complexity index is 249. The van der Waals surface area contributed by atoms with Crippen molar-refractivity contribution in [2.75, 3.05) is 0 Å². The molecule has 0 aliphatic heterocycles. The number of allylic oxidation sites excluding steroid dienone is 1. The zero-order valence-electron chi connectivity index (χ0n) is 6.31. The number of aliphatic hydroxyl groups is 1. The predicted molar refractivity (Wildman–Crippen MR) is 39.1 cm³/mol. The molecule has 5 nitrogen and oxygen atoms in total. The zero-order chi connectivity index (χ0) is 8.91. The van der Waals surface area contributed by atoms with Crippen LogP contribution in [0.5, 0.6) is 0 Å². The van der Waals surface area contributed by atoms with Gasteiger partial charge in [0.2, 0.25) is 0 Å². The molecule has 0 unspecified atom stereocenters. The normalized spacial score (nSPS) is 11.6. The van der Waals surface area contributed by atoms with Gasteiger partial charge in [0.05, 0.1) is 17.4 Å². The highest BCUT2D eigenvalue weighted by Gasteiger charge is 2.17. The summed E-state index contributed by atoms with van der Waals surface area (Å²) in [5, 5.41) is 20.6. The van der Waals surface area contributed by atoms with E-state index in [9.17, 15) is 5.11 Å². The summed E-state index contributed by atoms with van der Waals surface area (Å²) in [6.45, 7) is 2.87. The van der Waals surface area contributed by atoms with Crippen molar-refractivity contribution in [2.24, 2.45) is 5.11 Å². The molecule has 11 heavy (non-hydrogen) atoms. The van der Waals surface area contributed by atoms with E-state index in [2.05, 4.69) is 10.0 Å².